The predicted molar refractivity (Wildman–Crippen MR) is 94.4 cm³/mol. The maximum absolute atomic E-state index is 12.8. The van der Waals surface area contributed by atoms with Gasteiger partial charge in [-0.25, -0.2) is 13.4 Å². The Bertz CT molecular complexity index is 992. The van der Waals surface area contributed by atoms with E-state index in [0.717, 1.165) is 11.6 Å². The predicted octanol–water partition coefficient (Wildman–Crippen LogP) is 1.88. The fourth-order valence-electron chi connectivity index (χ4n) is 3.33. The normalized spacial score (nSPS) is 16.4. The minimum absolute atomic E-state index is 0.356. The van der Waals surface area contributed by atoms with Gasteiger partial charge in [-0.2, -0.15) is 0 Å². The number of hydrogen-bond acceptors (Lipinski definition) is 6. The summed E-state index contributed by atoms with van der Waals surface area (Å²) in [7, 11) is -3.29. The Labute approximate surface area is 146 Å². The Kier molecular flexibility index (Phi) is 3.91. The van der Waals surface area contributed by atoms with Crippen LogP contribution in [0.5, 0.6) is 0 Å². The average Bonchev–Trinajstić information content (AvgIpc) is 3.04. The first-order chi connectivity index (χ1) is 12.1. The van der Waals surface area contributed by atoms with E-state index in [9.17, 15) is 8.42 Å². The highest BCUT2D eigenvalue weighted by molar-refractivity contribution is 7.92. The maximum Gasteiger partial charge on any atom is 0.203 e. The number of anilines is 1. The molecule has 0 N–H and O–H groups in total. The lowest BCUT2D eigenvalue weighted by atomic mass is 10.1. The van der Waals surface area contributed by atoms with E-state index in [4.69, 9.17) is 0 Å². The summed E-state index contributed by atoms with van der Waals surface area (Å²) in [6.07, 6.45) is 4.71. The van der Waals surface area contributed by atoms with Gasteiger partial charge in [-0.05, 0) is 31.9 Å². The second kappa shape index (κ2) is 6.11. The Hall–Kier alpha value is -2.48. The molecule has 7 nitrogen and oxygen atoms in total. The van der Waals surface area contributed by atoms with Crippen molar-refractivity contribution in [2.75, 3.05) is 18.0 Å². The van der Waals surface area contributed by atoms with Crippen molar-refractivity contribution in [2.45, 2.75) is 29.9 Å². The molecule has 3 heterocycles. The van der Waals surface area contributed by atoms with E-state index in [0.29, 0.717) is 36.5 Å². The Balaban J connectivity index is 1.55. The van der Waals surface area contributed by atoms with E-state index < -0.39 is 9.84 Å². The van der Waals surface area contributed by atoms with Crippen LogP contribution in [0.25, 0.3) is 5.65 Å². The van der Waals surface area contributed by atoms with Crippen LogP contribution in [0.3, 0.4) is 0 Å². The lowest BCUT2D eigenvalue weighted by molar-refractivity contribution is 0.528. The summed E-state index contributed by atoms with van der Waals surface area (Å²) in [6, 6.07) is 8.70. The molecule has 0 unspecified atom stereocenters. The van der Waals surface area contributed by atoms with Crippen LogP contribution in [0.1, 0.15) is 18.7 Å². The molecule has 1 aliphatic heterocycles. The fourth-order valence-corrected chi connectivity index (χ4v) is 5.09. The molecule has 1 aromatic carbocycles. The zero-order valence-corrected chi connectivity index (χ0v) is 14.7. The Morgan fingerprint density at radius 1 is 1.08 bits per heavy atom. The van der Waals surface area contributed by atoms with E-state index in [1.54, 1.807) is 30.5 Å². The van der Waals surface area contributed by atoms with E-state index in [2.05, 4.69) is 20.1 Å². The van der Waals surface area contributed by atoms with Crippen LogP contribution in [-0.4, -0.2) is 46.3 Å². The molecular formula is C17H19N5O2S. The molecule has 0 aliphatic carbocycles. The molecule has 1 saturated heterocycles. The van der Waals surface area contributed by atoms with Crippen molar-refractivity contribution in [1.82, 2.24) is 19.6 Å². The third-order valence-electron chi connectivity index (χ3n) is 4.73. The summed E-state index contributed by atoms with van der Waals surface area (Å²) in [5, 5.41) is 7.94. The summed E-state index contributed by atoms with van der Waals surface area (Å²) >= 11 is 0. The van der Waals surface area contributed by atoms with Crippen LogP contribution < -0.4 is 4.90 Å². The molecular weight excluding hydrogens is 338 g/mol. The molecule has 4 rings (SSSR count). The zero-order chi connectivity index (χ0) is 17.4. The Morgan fingerprint density at radius 3 is 2.52 bits per heavy atom. The highest BCUT2D eigenvalue weighted by atomic mass is 32.2. The number of aryl methyl sites for hydroxylation is 1. The van der Waals surface area contributed by atoms with Gasteiger partial charge in [0, 0.05) is 25.5 Å². The molecule has 1 aliphatic rings. The lowest BCUT2D eigenvalue weighted by Gasteiger charge is -2.32. The van der Waals surface area contributed by atoms with Crippen LogP contribution >= 0.6 is 0 Å². The molecule has 1 fully saturated rings. The number of rotatable bonds is 3. The number of hydrogen-bond donors (Lipinski definition) is 0. The highest BCUT2D eigenvalue weighted by Gasteiger charge is 2.32. The van der Waals surface area contributed by atoms with E-state index in [-0.39, 0.29) is 5.25 Å². The molecule has 0 saturated carbocycles. The van der Waals surface area contributed by atoms with Crippen molar-refractivity contribution in [3.8, 4) is 0 Å². The van der Waals surface area contributed by atoms with Gasteiger partial charge in [0.2, 0.25) is 5.65 Å². The smallest absolute Gasteiger partial charge is 0.203 e. The van der Waals surface area contributed by atoms with Crippen LogP contribution in [-0.2, 0) is 9.84 Å². The lowest BCUT2D eigenvalue weighted by Crippen LogP contribution is -2.40. The van der Waals surface area contributed by atoms with Gasteiger partial charge in [0.15, 0.2) is 15.7 Å². The number of nitrogens with zero attached hydrogens (tertiary/aromatic N) is 5. The SMILES string of the molecule is Cc1nnc2c(N3CCC(S(=O)(=O)c4ccccc4)CC3)nccn12. The van der Waals surface area contributed by atoms with Crippen LogP contribution in [0.4, 0.5) is 5.82 Å². The van der Waals surface area contributed by atoms with Gasteiger partial charge >= 0.3 is 0 Å². The van der Waals surface area contributed by atoms with Crippen molar-refractivity contribution < 1.29 is 8.42 Å². The summed E-state index contributed by atoms with van der Waals surface area (Å²) in [5.41, 5.74) is 0.712. The van der Waals surface area contributed by atoms with Gasteiger partial charge in [-0.3, -0.25) is 4.40 Å². The van der Waals surface area contributed by atoms with Gasteiger partial charge in [0.1, 0.15) is 5.82 Å². The van der Waals surface area contributed by atoms with Crippen molar-refractivity contribution >= 4 is 21.3 Å². The topological polar surface area (TPSA) is 80.5 Å². The summed E-state index contributed by atoms with van der Waals surface area (Å²) < 4.78 is 27.5. The minimum Gasteiger partial charge on any atom is -0.353 e. The molecule has 8 heteroatoms. The molecule has 0 amide bonds. The van der Waals surface area contributed by atoms with Gasteiger partial charge in [0.25, 0.3) is 0 Å². The molecule has 3 aromatic rings. The highest BCUT2D eigenvalue weighted by Crippen LogP contribution is 2.27. The molecule has 0 radical (unpaired) electrons. The largest absolute Gasteiger partial charge is 0.353 e. The number of piperidine rings is 1. The first-order valence-electron chi connectivity index (χ1n) is 8.27. The monoisotopic (exact) mass is 357 g/mol. The maximum atomic E-state index is 12.8. The van der Waals surface area contributed by atoms with Gasteiger partial charge < -0.3 is 4.90 Å². The Morgan fingerprint density at radius 2 is 1.80 bits per heavy atom. The van der Waals surface area contributed by atoms with Crippen molar-refractivity contribution in [2.24, 2.45) is 0 Å². The second-order valence-electron chi connectivity index (χ2n) is 6.24. The number of benzene rings is 1. The first kappa shape index (κ1) is 16.0. The quantitative estimate of drug-likeness (QED) is 0.712. The minimum atomic E-state index is -3.29. The van der Waals surface area contributed by atoms with E-state index >= 15 is 0 Å². The molecule has 0 spiro atoms. The van der Waals surface area contributed by atoms with Gasteiger partial charge in [-0.1, -0.05) is 18.2 Å². The van der Waals surface area contributed by atoms with Crippen LogP contribution in [0, 0.1) is 6.92 Å². The van der Waals surface area contributed by atoms with Crippen LogP contribution in [0.15, 0.2) is 47.6 Å². The molecule has 0 bridgehead atoms. The number of aromatic nitrogens is 4. The zero-order valence-electron chi connectivity index (χ0n) is 13.9. The fraction of sp³-hybridized carbons (Fsp3) is 0.353. The summed E-state index contributed by atoms with van der Waals surface area (Å²) in [4.78, 5) is 6.94. The molecule has 25 heavy (non-hydrogen) atoms. The van der Waals surface area contributed by atoms with E-state index in [1.807, 2.05) is 23.6 Å². The summed E-state index contributed by atoms with van der Waals surface area (Å²) in [6.45, 7) is 3.16. The number of fused-ring (bicyclic) bond motifs is 1. The van der Waals surface area contributed by atoms with Crippen molar-refractivity contribution in [3.05, 3.63) is 48.5 Å². The van der Waals surface area contributed by atoms with Gasteiger partial charge in [-0.15, -0.1) is 10.2 Å². The number of sulfone groups is 1. The third-order valence-corrected chi connectivity index (χ3v) is 7.01. The van der Waals surface area contributed by atoms with Crippen LogP contribution in [0.2, 0.25) is 0 Å². The van der Waals surface area contributed by atoms with Gasteiger partial charge in [0.05, 0.1) is 10.1 Å². The molecule has 130 valence electrons. The van der Waals surface area contributed by atoms with Crippen molar-refractivity contribution in [1.29, 1.82) is 0 Å². The summed E-state index contributed by atoms with van der Waals surface area (Å²) in [5.74, 6) is 1.57. The standard InChI is InChI=1S/C17H19N5O2S/c1-13-19-20-17-16(18-9-12-22(13)17)21-10-7-15(8-11-21)25(23,24)14-5-3-2-4-6-14/h2-6,9,12,15H,7-8,10-11H2,1H3. The second-order valence-corrected chi connectivity index (χ2v) is 8.46. The average molecular weight is 357 g/mol. The van der Waals surface area contributed by atoms with Crippen molar-refractivity contribution in [3.63, 3.8) is 0 Å². The third kappa shape index (κ3) is 2.76. The van der Waals surface area contributed by atoms with E-state index in [1.165, 1.54) is 0 Å². The first-order valence-corrected chi connectivity index (χ1v) is 9.82. The molecule has 0 atom stereocenters. The molecule has 2 aromatic heterocycles.